The van der Waals surface area contributed by atoms with Crippen molar-refractivity contribution in [2.45, 2.75) is 52.6 Å². The van der Waals surface area contributed by atoms with Crippen LogP contribution in [0, 0.1) is 6.92 Å². The zero-order chi connectivity index (χ0) is 18.8. The van der Waals surface area contributed by atoms with Crippen LogP contribution in [0.15, 0.2) is 40.5 Å². The molecule has 1 aromatic rings. The third-order valence-corrected chi connectivity index (χ3v) is 3.76. The number of allylic oxidation sites excluding steroid dienone is 1. The fourth-order valence-corrected chi connectivity index (χ4v) is 2.60. The Balaban J connectivity index is 2.22. The van der Waals surface area contributed by atoms with E-state index in [0.29, 0.717) is 23.5 Å². The maximum atomic E-state index is 12.4. The van der Waals surface area contributed by atoms with Crippen molar-refractivity contribution >= 4 is 17.6 Å². The fourth-order valence-electron chi connectivity index (χ4n) is 2.60. The number of hydrogen-bond acceptors (Lipinski definition) is 4. The number of nitrogens with one attached hydrogen (secondary N) is 2. The third-order valence-electron chi connectivity index (χ3n) is 3.76. The number of amides is 2. The van der Waals surface area contributed by atoms with E-state index in [-0.39, 0.29) is 17.4 Å². The zero-order valence-electron chi connectivity index (χ0n) is 15.4. The first-order chi connectivity index (χ1) is 11.6. The summed E-state index contributed by atoms with van der Waals surface area (Å²) in [6, 6.07) is 6.56. The smallest absolute Gasteiger partial charge is 0.251 e. The van der Waals surface area contributed by atoms with Gasteiger partial charge in [0.1, 0.15) is 11.9 Å². The van der Waals surface area contributed by atoms with Crippen LogP contribution in [-0.4, -0.2) is 29.2 Å². The second-order valence-electron chi connectivity index (χ2n) is 7.38. The van der Waals surface area contributed by atoms with Gasteiger partial charge in [0.2, 0.25) is 5.91 Å². The van der Waals surface area contributed by atoms with Gasteiger partial charge in [0.25, 0.3) is 5.91 Å². The number of nitrogens with zero attached hydrogens (tertiary/aromatic N) is 1. The minimum Gasteiger partial charge on any atom is -0.402 e. The summed E-state index contributed by atoms with van der Waals surface area (Å²) in [5.41, 5.74) is 8.48. The second kappa shape index (κ2) is 7.09. The van der Waals surface area contributed by atoms with Gasteiger partial charge in [-0.05, 0) is 46.8 Å². The van der Waals surface area contributed by atoms with Gasteiger partial charge in [-0.2, -0.15) is 0 Å². The number of piperidine rings is 1. The largest absolute Gasteiger partial charge is 0.402 e. The fraction of sp³-hybridized carbons (Fsp3) is 0.421. The molecule has 1 atom stereocenters. The summed E-state index contributed by atoms with van der Waals surface area (Å²) in [5, 5.41) is 5.57. The Kier molecular flexibility index (Phi) is 5.30. The van der Waals surface area contributed by atoms with E-state index in [1.165, 1.54) is 0 Å². The van der Waals surface area contributed by atoms with Crippen LogP contribution in [0.1, 0.15) is 50.0 Å². The highest BCUT2D eigenvalue weighted by molar-refractivity contribution is 6.13. The van der Waals surface area contributed by atoms with Gasteiger partial charge in [-0.25, -0.2) is 0 Å². The molecule has 0 bridgehead atoms. The Hall–Kier alpha value is -2.63. The van der Waals surface area contributed by atoms with E-state index in [1.54, 1.807) is 19.1 Å². The summed E-state index contributed by atoms with van der Waals surface area (Å²) in [7, 11) is 0. The monoisotopic (exact) mass is 342 g/mol. The topological polar surface area (TPSA) is 96.6 Å². The number of nitrogens with two attached hydrogens (primary N) is 1. The van der Waals surface area contributed by atoms with Gasteiger partial charge in [-0.1, -0.05) is 17.7 Å². The molecule has 2 amide bonds. The average Bonchev–Trinajstić information content (AvgIpc) is 2.47. The minimum atomic E-state index is -0.680. The van der Waals surface area contributed by atoms with Crippen molar-refractivity contribution in [2.24, 2.45) is 10.7 Å². The molecule has 6 heteroatoms. The average molecular weight is 342 g/mol. The highest BCUT2D eigenvalue weighted by atomic mass is 16.2. The van der Waals surface area contributed by atoms with E-state index in [0.717, 1.165) is 11.1 Å². The molecule has 0 aromatic heterocycles. The molecule has 6 nitrogen and oxygen atoms in total. The molecule has 1 aliphatic rings. The van der Waals surface area contributed by atoms with Crippen LogP contribution in [-0.2, 0) is 4.79 Å². The number of aliphatic imine (C=N–C) groups is 1. The van der Waals surface area contributed by atoms with Crippen LogP contribution in [0.3, 0.4) is 0 Å². The predicted octanol–water partition coefficient (Wildman–Crippen LogP) is 2.04. The van der Waals surface area contributed by atoms with Gasteiger partial charge < -0.3 is 16.4 Å². The number of carbonyl (C=O) groups excluding carboxylic acids is 2. The Bertz CT molecular complexity index is 753. The van der Waals surface area contributed by atoms with Gasteiger partial charge >= 0.3 is 0 Å². The van der Waals surface area contributed by atoms with Gasteiger partial charge in [-0.3, -0.25) is 14.6 Å². The van der Waals surface area contributed by atoms with Crippen LogP contribution in [0.2, 0.25) is 0 Å². The Labute approximate surface area is 148 Å². The van der Waals surface area contributed by atoms with Gasteiger partial charge in [-0.15, -0.1) is 0 Å². The summed E-state index contributed by atoms with van der Waals surface area (Å²) in [6.07, 6.45) is 0.320. The van der Waals surface area contributed by atoms with Crippen molar-refractivity contribution in [3.8, 4) is 0 Å². The lowest BCUT2D eigenvalue weighted by Crippen LogP contribution is -2.54. The van der Waals surface area contributed by atoms with E-state index < -0.39 is 6.04 Å². The molecule has 0 unspecified atom stereocenters. The molecular weight excluding hydrogens is 316 g/mol. The van der Waals surface area contributed by atoms with Gasteiger partial charge in [0, 0.05) is 23.3 Å². The highest BCUT2D eigenvalue weighted by Gasteiger charge is 2.32. The van der Waals surface area contributed by atoms with Crippen molar-refractivity contribution in [2.75, 3.05) is 0 Å². The van der Waals surface area contributed by atoms with Crippen LogP contribution in [0.5, 0.6) is 0 Å². The Morgan fingerprint density at radius 1 is 1.36 bits per heavy atom. The normalized spacial score (nSPS) is 21.7. The van der Waals surface area contributed by atoms with E-state index in [2.05, 4.69) is 15.6 Å². The second-order valence-corrected chi connectivity index (χ2v) is 7.38. The van der Waals surface area contributed by atoms with Crippen molar-refractivity contribution in [3.05, 3.63) is 46.7 Å². The number of aryl methyl sites for hydroxylation is 1. The SMILES string of the molecule is C/C(N)=C1\C[C@H](NC(=O)c2cccc(C)c2)C(=O)NC1=NC(C)(C)C. The maximum absolute atomic E-state index is 12.4. The molecule has 0 spiro atoms. The summed E-state index contributed by atoms with van der Waals surface area (Å²) in [4.78, 5) is 29.4. The standard InChI is InChI=1S/C19H26N4O2/c1-11-7-6-8-13(9-11)17(24)21-15-10-14(12(2)20)16(22-18(15)25)23-19(3,4)5/h6-9,15H,10,20H2,1-5H3,(H,21,24)(H,22,23,25)/b14-12-/t15-/m0/s1. The predicted molar refractivity (Wildman–Crippen MR) is 99.3 cm³/mol. The molecule has 134 valence electrons. The molecular formula is C19H26N4O2. The third kappa shape index (κ3) is 4.92. The first-order valence-electron chi connectivity index (χ1n) is 8.30. The van der Waals surface area contributed by atoms with Gasteiger partial charge in [0.05, 0.1) is 5.54 Å². The lowest BCUT2D eigenvalue weighted by Gasteiger charge is -2.29. The van der Waals surface area contributed by atoms with Crippen LogP contribution >= 0.6 is 0 Å². The van der Waals surface area contributed by atoms with Crippen molar-refractivity contribution in [1.82, 2.24) is 10.6 Å². The number of benzene rings is 1. The lowest BCUT2D eigenvalue weighted by atomic mass is 9.97. The van der Waals surface area contributed by atoms with E-state index >= 15 is 0 Å². The van der Waals surface area contributed by atoms with E-state index in [9.17, 15) is 9.59 Å². The molecule has 1 fully saturated rings. The molecule has 0 radical (unpaired) electrons. The number of hydrogen-bond donors (Lipinski definition) is 3. The number of amidine groups is 1. The number of rotatable bonds is 2. The van der Waals surface area contributed by atoms with Crippen molar-refractivity contribution in [1.29, 1.82) is 0 Å². The van der Waals surface area contributed by atoms with Crippen molar-refractivity contribution < 1.29 is 9.59 Å². The summed E-state index contributed by atoms with van der Waals surface area (Å²) >= 11 is 0. The minimum absolute atomic E-state index is 0.283. The Morgan fingerprint density at radius 3 is 2.60 bits per heavy atom. The molecule has 1 aliphatic heterocycles. The first kappa shape index (κ1) is 18.7. The number of carbonyl (C=O) groups is 2. The molecule has 2 rings (SSSR count). The molecule has 0 aliphatic carbocycles. The molecule has 1 saturated heterocycles. The molecule has 1 heterocycles. The summed E-state index contributed by atoms with van der Waals surface area (Å²) in [6.45, 7) is 9.52. The van der Waals surface area contributed by atoms with Crippen molar-refractivity contribution in [3.63, 3.8) is 0 Å². The lowest BCUT2D eigenvalue weighted by molar-refractivity contribution is -0.121. The van der Waals surface area contributed by atoms with E-state index in [4.69, 9.17) is 5.73 Å². The maximum Gasteiger partial charge on any atom is 0.251 e. The van der Waals surface area contributed by atoms with Crippen LogP contribution in [0.25, 0.3) is 0 Å². The summed E-state index contributed by atoms with van der Waals surface area (Å²) in [5.74, 6) is -0.0818. The first-order valence-corrected chi connectivity index (χ1v) is 8.30. The molecule has 1 aromatic carbocycles. The van der Waals surface area contributed by atoms with E-state index in [1.807, 2.05) is 39.8 Å². The Morgan fingerprint density at radius 2 is 2.04 bits per heavy atom. The molecule has 25 heavy (non-hydrogen) atoms. The van der Waals surface area contributed by atoms with Crippen LogP contribution in [0.4, 0.5) is 0 Å². The van der Waals surface area contributed by atoms with Crippen LogP contribution < -0.4 is 16.4 Å². The summed E-state index contributed by atoms with van der Waals surface area (Å²) < 4.78 is 0. The quantitative estimate of drug-likeness (QED) is 0.767. The molecule has 0 saturated carbocycles. The molecule has 4 N–H and O–H groups in total. The highest BCUT2D eigenvalue weighted by Crippen LogP contribution is 2.19. The zero-order valence-corrected chi connectivity index (χ0v) is 15.4. The van der Waals surface area contributed by atoms with Gasteiger partial charge in [0.15, 0.2) is 0 Å².